The molecule has 2 nitrogen and oxygen atoms in total. The Bertz CT molecular complexity index is 370. The van der Waals surface area contributed by atoms with E-state index in [1.807, 2.05) is 0 Å². The van der Waals surface area contributed by atoms with Crippen molar-refractivity contribution in [1.82, 2.24) is 5.32 Å². The fourth-order valence-corrected chi connectivity index (χ4v) is 1.39. The molecule has 0 spiro atoms. The molecule has 0 bridgehead atoms. The van der Waals surface area contributed by atoms with E-state index in [1.54, 1.807) is 6.07 Å². The van der Waals surface area contributed by atoms with Gasteiger partial charge in [-0.3, -0.25) is 0 Å². The van der Waals surface area contributed by atoms with Gasteiger partial charge in [0.2, 0.25) is 0 Å². The van der Waals surface area contributed by atoms with Crippen molar-refractivity contribution in [3.63, 3.8) is 0 Å². The van der Waals surface area contributed by atoms with E-state index in [1.165, 1.54) is 12.1 Å². The molecule has 0 aromatic heterocycles. The predicted octanol–water partition coefficient (Wildman–Crippen LogP) is 3.12. The maximum Gasteiger partial charge on any atom is 0.401 e. The van der Waals surface area contributed by atoms with Crippen LogP contribution >= 0.6 is 15.9 Å². The van der Waals surface area contributed by atoms with Crippen molar-refractivity contribution in [2.75, 3.05) is 19.7 Å². The summed E-state index contributed by atoms with van der Waals surface area (Å²) in [6, 6.07) is 4.21. The first-order valence-corrected chi connectivity index (χ1v) is 5.53. The number of hydrogen-bond acceptors (Lipinski definition) is 2. The Labute approximate surface area is 104 Å². The second kappa shape index (κ2) is 6.20. The second-order valence-corrected chi connectivity index (χ2v) is 4.13. The Morgan fingerprint density at radius 2 is 2.00 bits per heavy atom. The van der Waals surface area contributed by atoms with Crippen LogP contribution in [0.4, 0.5) is 17.6 Å². The number of rotatable bonds is 5. The number of alkyl halides is 3. The number of nitrogens with one attached hydrogen (secondary N) is 1. The lowest BCUT2D eigenvalue weighted by Crippen LogP contribution is -2.31. The molecule has 0 saturated carbocycles. The van der Waals surface area contributed by atoms with Gasteiger partial charge in [0.25, 0.3) is 0 Å². The van der Waals surface area contributed by atoms with Gasteiger partial charge in [-0.05, 0) is 18.2 Å². The monoisotopic (exact) mass is 315 g/mol. The zero-order valence-electron chi connectivity index (χ0n) is 8.65. The molecule has 0 heterocycles. The average molecular weight is 316 g/mol. The maximum absolute atomic E-state index is 13.2. The Hall–Kier alpha value is -0.820. The third-order valence-corrected chi connectivity index (χ3v) is 2.25. The van der Waals surface area contributed by atoms with Gasteiger partial charge < -0.3 is 10.1 Å². The fourth-order valence-electron chi connectivity index (χ4n) is 1.06. The molecule has 1 aromatic carbocycles. The summed E-state index contributed by atoms with van der Waals surface area (Å²) in [5.41, 5.74) is 0. The molecule has 0 aliphatic rings. The summed E-state index contributed by atoms with van der Waals surface area (Å²) < 4.78 is 54.0. The van der Waals surface area contributed by atoms with Gasteiger partial charge in [0.1, 0.15) is 6.61 Å². The zero-order chi connectivity index (χ0) is 12.9. The van der Waals surface area contributed by atoms with Crippen LogP contribution in [0.2, 0.25) is 0 Å². The number of benzene rings is 1. The summed E-state index contributed by atoms with van der Waals surface area (Å²) in [5, 5.41) is 2.14. The topological polar surface area (TPSA) is 21.3 Å². The van der Waals surface area contributed by atoms with E-state index in [0.29, 0.717) is 4.47 Å². The first-order valence-electron chi connectivity index (χ1n) is 4.74. The highest BCUT2D eigenvalue weighted by Crippen LogP contribution is 2.21. The lowest BCUT2D eigenvalue weighted by Gasteiger charge is -2.10. The van der Waals surface area contributed by atoms with Crippen LogP contribution in [-0.2, 0) is 0 Å². The van der Waals surface area contributed by atoms with E-state index in [4.69, 9.17) is 4.74 Å². The first-order chi connectivity index (χ1) is 7.88. The molecule has 0 atom stereocenters. The Balaban J connectivity index is 2.27. The Kier molecular flexibility index (Phi) is 5.20. The van der Waals surface area contributed by atoms with Gasteiger partial charge >= 0.3 is 6.18 Å². The molecular formula is C10H10BrF4NO. The highest BCUT2D eigenvalue weighted by molar-refractivity contribution is 9.10. The summed E-state index contributed by atoms with van der Waals surface area (Å²) >= 11 is 3.08. The van der Waals surface area contributed by atoms with E-state index >= 15 is 0 Å². The molecule has 0 radical (unpaired) electrons. The van der Waals surface area contributed by atoms with Crippen LogP contribution in [0.1, 0.15) is 0 Å². The van der Waals surface area contributed by atoms with Crippen LogP contribution in [0.5, 0.6) is 5.75 Å². The fraction of sp³-hybridized carbons (Fsp3) is 0.400. The SMILES string of the molecule is Fc1cc(Br)ccc1OCCNCC(F)(F)F. The van der Waals surface area contributed by atoms with E-state index in [2.05, 4.69) is 21.2 Å². The summed E-state index contributed by atoms with van der Waals surface area (Å²) in [5.74, 6) is -0.544. The molecule has 96 valence electrons. The summed E-state index contributed by atoms with van der Waals surface area (Å²) in [7, 11) is 0. The van der Waals surface area contributed by atoms with Crippen LogP contribution in [0.15, 0.2) is 22.7 Å². The number of halogens is 5. The molecule has 1 rings (SSSR count). The van der Waals surface area contributed by atoms with Crippen molar-refractivity contribution in [3.05, 3.63) is 28.5 Å². The second-order valence-electron chi connectivity index (χ2n) is 3.22. The maximum atomic E-state index is 13.2. The minimum absolute atomic E-state index is 0.00495. The third-order valence-electron chi connectivity index (χ3n) is 1.76. The molecule has 0 aliphatic carbocycles. The minimum atomic E-state index is -4.25. The highest BCUT2D eigenvalue weighted by atomic mass is 79.9. The molecular weight excluding hydrogens is 306 g/mol. The molecule has 1 aromatic rings. The van der Waals surface area contributed by atoms with E-state index < -0.39 is 18.5 Å². The van der Waals surface area contributed by atoms with Crippen molar-refractivity contribution in [2.45, 2.75) is 6.18 Å². The van der Waals surface area contributed by atoms with Crippen LogP contribution < -0.4 is 10.1 Å². The molecule has 0 amide bonds. The van der Waals surface area contributed by atoms with Crippen molar-refractivity contribution in [1.29, 1.82) is 0 Å². The molecule has 0 unspecified atom stereocenters. The lowest BCUT2D eigenvalue weighted by atomic mass is 10.3. The predicted molar refractivity (Wildman–Crippen MR) is 58.5 cm³/mol. The lowest BCUT2D eigenvalue weighted by molar-refractivity contribution is -0.124. The van der Waals surface area contributed by atoms with Gasteiger partial charge in [0, 0.05) is 11.0 Å². The van der Waals surface area contributed by atoms with Crippen molar-refractivity contribution in [2.24, 2.45) is 0 Å². The van der Waals surface area contributed by atoms with Crippen molar-refractivity contribution in [3.8, 4) is 5.75 Å². The standard InChI is InChI=1S/C10H10BrF4NO/c11-7-1-2-9(8(12)5-7)17-4-3-16-6-10(13,14)15/h1-2,5,16H,3-4,6H2. The number of hydrogen-bond donors (Lipinski definition) is 1. The summed E-state index contributed by atoms with van der Waals surface area (Å²) in [6.07, 6.45) is -4.25. The summed E-state index contributed by atoms with van der Waals surface area (Å²) in [6.45, 7) is -1.12. The average Bonchev–Trinajstić information content (AvgIpc) is 2.18. The molecule has 17 heavy (non-hydrogen) atoms. The van der Waals surface area contributed by atoms with Gasteiger partial charge in [0.15, 0.2) is 11.6 Å². The zero-order valence-corrected chi connectivity index (χ0v) is 10.2. The summed E-state index contributed by atoms with van der Waals surface area (Å²) in [4.78, 5) is 0. The van der Waals surface area contributed by atoms with Gasteiger partial charge in [0.05, 0.1) is 6.54 Å². The van der Waals surface area contributed by atoms with Crippen LogP contribution in [0.3, 0.4) is 0 Å². The molecule has 0 aliphatic heterocycles. The van der Waals surface area contributed by atoms with Gasteiger partial charge in [-0.2, -0.15) is 13.2 Å². The normalized spacial score (nSPS) is 11.6. The molecule has 7 heteroatoms. The minimum Gasteiger partial charge on any atom is -0.489 e. The van der Waals surface area contributed by atoms with Gasteiger partial charge in [-0.25, -0.2) is 4.39 Å². The van der Waals surface area contributed by atoms with Crippen LogP contribution in [0, 0.1) is 5.82 Å². The van der Waals surface area contributed by atoms with Crippen LogP contribution in [0.25, 0.3) is 0 Å². The molecule has 0 saturated heterocycles. The van der Waals surface area contributed by atoms with Gasteiger partial charge in [-0.1, -0.05) is 15.9 Å². The highest BCUT2D eigenvalue weighted by Gasteiger charge is 2.25. The molecule has 0 fully saturated rings. The third kappa shape index (κ3) is 5.88. The van der Waals surface area contributed by atoms with E-state index in [9.17, 15) is 17.6 Å². The largest absolute Gasteiger partial charge is 0.489 e. The Morgan fingerprint density at radius 1 is 1.29 bits per heavy atom. The number of ether oxygens (including phenoxy) is 1. The smallest absolute Gasteiger partial charge is 0.401 e. The quantitative estimate of drug-likeness (QED) is 0.666. The Morgan fingerprint density at radius 3 is 2.59 bits per heavy atom. The van der Waals surface area contributed by atoms with E-state index in [0.717, 1.165) is 0 Å². The van der Waals surface area contributed by atoms with Crippen molar-refractivity contribution >= 4 is 15.9 Å². The van der Waals surface area contributed by atoms with E-state index in [-0.39, 0.29) is 18.9 Å². The van der Waals surface area contributed by atoms with Crippen LogP contribution in [-0.4, -0.2) is 25.9 Å². The van der Waals surface area contributed by atoms with Crippen molar-refractivity contribution < 1.29 is 22.3 Å². The first kappa shape index (κ1) is 14.2. The van der Waals surface area contributed by atoms with Gasteiger partial charge in [-0.15, -0.1) is 0 Å². The molecule has 1 N–H and O–H groups in total.